The highest BCUT2D eigenvalue weighted by Crippen LogP contribution is 2.27. The number of carbonyl (C=O) groups is 2. The van der Waals surface area contributed by atoms with Crippen LogP contribution < -0.4 is 20.1 Å². The predicted octanol–water partition coefficient (Wildman–Crippen LogP) is 7.49. The van der Waals surface area contributed by atoms with Gasteiger partial charge in [-0.2, -0.15) is 0 Å². The number of amides is 2. The number of anilines is 2. The molecule has 5 aromatic rings. The van der Waals surface area contributed by atoms with Crippen LogP contribution in [-0.2, 0) is 19.0 Å². The van der Waals surface area contributed by atoms with Crippen molar-refractivity contribution in [1.82, 2.24) is 0 Å². The third-order valence-corrected chi connectivity index (χ3v) is 7.45. The Morgan fingerprint density at radius 2 is 1.00 bits per heavy atom. The van der Waals surface area contributed by atoms with Gasteiger partial charge in [0.05, 0.1) is 51.0 Å². The van der Waals surface area contributed by atoms with Crippen molar-refractivity contribution in [3.63, 3.8) is 0 Å². The summed E-state index contributed by atoms with van der Waals surface area (Å²) < 4.78 is 28.5. The van der Waals surface area contributed by atoms with Crippen LogP contribution in [0.15, 0.2) is 103 Å². The first-order valence-electron chi connectivity index (χ1n) is 16.3. The van der Waals surface area contributed by atoms with Crippen LogP contribution >= 0.6 is 0 Å². The number of fused-ring (bicyclic) bond motifs is 2. The van der Waals surface area contributed by atoms with E-state index in [1.807, 2.05) is 85.8 Å². The molecular formula is C39H42N2O7. The van der Waals surface area contributed by atoms with Crippen LogP contribution in [0.2, 0.25) is 0 Å². The Balaban J connectivity index is 0.939. The normalized spacial score (nSPS) is 11.0. The van der Waals surface area contributed by atoms with Gasteiger partial charge in [-0.3, -0.25) is 9.59 Å². The zero-order valence-electron chi connectivity index (χ0n) is 27.2. The first-order valence-corrected chi connectivity index (χ1v) is 16.3. The van der Waals surface area contributed by atoms with Gasteiger partial charge in [0.15, 0.2) is 0 Å². The molecule has 0 fully saturated rings. The Hall–Kier alpha value is -4.96. The number of nitrogens with one attached hydrogen (secondary N) is 2. The number of carbonyl (C=O) groups excluding carboxylic acids is 2. The minimum atomic E-state index is -0.204. The van der Waals surface area contributed by atoms with Gasteiger partial charge in [0, 0.05) is 12.0 Å². The molecule has 0 heterocycles. The summed E-state index contributed by atoms with van der Waals surface area (Å²) in [5.74, 6) is 0.954. The molecule has 0 spiro atoms. The van der Waals surface area contributed by atoms with Crippen molar-refractivity contribution < 1.29 is 33.3 Å². The standard InChI is InChI=1S/C39H42N2O7/c1-2-9-38(42)40-34-12-5-7-14-36(34)47-24-22-45-20-18-44-19-21-46-23-25-48-37-15-8-6-13-35(37)41-39(43)32-17-16-31-26-29-10-3-4-11-30(29)27-33(31)28-32/h3-8,10-17,26-28H,2,9,18-25H2,1H3,(H,40,42)(H,41,43). The molecule has 0 aliphatic heterocycles. The highest BCUT2D eigenvalue weighted by atomic mass is 16.6. The topological polar surface area (TPSA) is 104 Å². The van der Waals surface area contributed by atoms with E-state index in [0.29, 0.717) is 87.7 Å². The summed E-state index contributed by atoms with van der Waals surface area (Å²) in [6.45, 7) is 5.13. The summed E-state index contributed by atoms with van der Waals surface area (Å²) >= 11 is 0. The monoisotopic (exact) mass is 650 g/mol. The van der Waals surface area contributed by atoms with Crippen LogP contribution in [-0.4, -0.2) is 64.7 Å². The highest BCUT2D eigenvalue weighted by molar-refractivity contribution is 6.08. The maximum atomic E-state index is 13.1. The minimum absolute atomic E-state index is 0.0310. The van der Waals surface area contributed by atoms with Crippen LogP contribution in [0.4, 0.5) is 11.4 Å². The van der Waals surface area contributed by atoms with Crippen LogP contribution in [0.1, 0.15) is 30.1 Å². The second-order valence-corrected chi connectivity index (χ2v) is 11.0. The second-order valence-electron chi connectivity index (χ2n) is 11.0. The van der Waals surface area contributed by atoms with E-state index in [-0.39, 0.29) is 11.8 Å². The largest absolute Gasteiger partial charge is 0.489 e. The molecule has 5 rings (SSSR count). The lowest BCUT2D eigenvalue weighted by Crippen LogP contribution is -2.16. The van der Waals surface area contributed by atoms with E-state index in [4.69, 9.17) is 23.7 Å². The molecule has 0 bridgehead atoms. The number of hydrogen-bond acceptors (Lipinski definition) is 7. The summed E-state index contributed by atoms with van der Waals surface area (Å²) in [6, 6.07) is 32.9. The summed E-state index contributed by atoms with van der Waals surface area (Å²) in [6.07, 6.45) is 1.26. The van der Waals surface area contributed by atoms with E-state index in [2.05, 4.69) is 34.9 Å². The van der Waals surface area contributed by atoms with E-state index in [1.54, 1.807) is 0 Å². The molecule has 0 aromatic heterocycles. The van der Waals surface area contributed by atoms with E-state index in [9.17, 15) is 9.59 Å². The first kappa shape index (κ1) is 34.4. The van der Waals surface area contributed by atoms with Gasteiger partial charge < -0.3 is 34.3 Å². The van der Waals surface area contributed by atoms with Gasteiger partial charge in [-0.1, -0.05) is 61.5 Å². The van der Waals surface area contributed by atoms with Gasteiger partial charge in [-0.25, -0.2) is 0 Å². The molecule has 0 atom stereocenters. The fourth-order valence-electron chi connectivity index (χ4n) is 5.07. The summed E-state index contributed by atoms with van der Waals surface area (Å²) in [5.41, 5.74) is 1.83. The molecule has 9 heteroatoms. The Labute approximate surface area is 281 Å². The molecule has 48 heavy (non-hydrogen) atoms. The summed E-state index contributed by atoms with van der Waals surface area (Å²) in [4.78, 5) is 25.0. The Morgan fingerprint density at radius 3 is 1.58 bits per heavy atom. The maximum Gasteiger partial charge on any atom is 0.255 e. The van der Waals surface area contributed by atoms with Gasteiger partial charge in [0.1, 0.15) is 24.7 Å². The highest BCUT2D eigenvalue weighted by Gasteiger charge is 2.11. The van der Waals surface area contributed by atoms with Gasteiger partial charge in [-0.05, 0) is 76.5 Å². The third kappa shape index (κ3) is 10.3. The SMILES string of the molecule is CCCC(=O)Nc1ccccc1OCCOCCOCCOCCOc1ccccc1NC(=O)c1ccc2cc3ccccc3cc2c1. The lowest BCUT2D eigenvalue weighted by molar-refractivity contribution is -0.116. The molecule has 250 valence electrons. The molecule has 0 saturated carbocycles. The van der Waals surface area contributed by atoms with Gasteiger partial charge in [0.25, 0.3) is 5.91 Å². The molecule has 2 amide bonds. The van der Waals surface area contributed by atoms with Crippen molar-refractivity contribution in [3.05, 3.63) is 109 Å². The minimum Gasteiger partial charge on any atom is -0.489 e. The first-order chi connectivity index (χ1) is 23.6. The van der Waals surface area contributed by atoms with Crippen LogP contribution in [0.25, 0.3) is 21.5 Å². The number of rotatable bonds is 19. The van der Waals surface area contributed by atoms with Gasteiger partial charge >= 0.3 is 0 Å². The molecule has 0 aliphatic carbocycles. The average Bonchev–Trinajstić information content (AvgIpc) is 3.10. The van der Waals surface area contributed by atoms with Gasteiger partial charge in [-0.15, -0.1) is 0 Å². The molecule has 0 unspecified atom stereocenters. The molecule has 2 N–H and O–H groups in total. The fourth-order valence-corrected chi connectivity index (χ4v) is 5.07. The lowest BCUT2D eigenvalue weighted by Gasteiger charge is -2.13. The quantitative estimate of drug-likeness (QED) is 0.0705. The lowest BCUT2D eigenvalue weighted by atomic mass is 10.0. The number of para-hydroxylation sites is 4. The van der Waals surface area contributed by atoms with Crippen LogP contribution in [0.3, 0.4) is 0 Å². The zero-order valence-corrected chi connectivity index (χ0v) is 27.2. The van der Waals surface area contributed by atoms with Crippen molar-refractivity contribution in [1.29, 1.82) is 0 Å². The zero-order chi connectivity index (χ0) is 33.4. The van der Waals surface area contributed by atoms with Crippen molar-refractivity contribution in [2.24, 2.45) is 0 Å². The van der Waals surface area contributed by atoms with E-state index in [0.717, 1.165) is 22.6 Å². The van der Waals surface area contributed by atoms with Crippen LogP contribution in [0, 0.1) is 0 Å². The number of hydrogen-bond donors (Lipinski definition) is 2. The smallest absolute Gasteiger partial charge is 0.255 e. The second kappa shape index (κ2) is 18.4. The predicted molar refractivity (Wildman–Crippen MR) is 189 cm³/mol. The number of benzene rings is 5. The van der Waals surface area contributed by atoms with Gasteiger partial charge in [0.2, 0.25) is 5.91 Å². The molecular weight excluding hydrogens is 608 g/mol. The number of ether oxygens (including phenoxy) is 5. The molecule has 0 aliphatic rings. The van der Waals surface area contributed by atoms with E-state index in [1.165, 1.54) is 5.39 Å². The maximum absolute atomic E-state index is 13.1. The molecule has 9 nitrogen and oxygen atoms in total. The molecule has 0 radical (unpaired) electrons. The van der Waals surface area contributed by atoms with Crippen molar-refractivity contribution in [2.75, 3.05) is 63.5 Å². The Bertz CT molecular complexity index is 1790. The average molecular weight is 651 g/mol. The Kier molecular flexibility index (Phi) is 13.2. The fraction of sp³-hybridized carbons (Fsp3) is 0.282. The van der Waals surface area contributed by atoms with E-state index >= 15 is 0 Å². The summed E-state index contributed by atoms with van der Waals surface area (Å²) in [7, 11) is 0. The summed E-state index contributed by atoms with van der Waals surface area (Å²) in [5, 5.41) is 10.3. The van der Waals surface area contributed by atoms with E-state index < -0.39 is 0 Å². The third-order valence-electron chi connectivity index (χ3n) is 7.45. The van der Waals surface area contributed by atoms with Crippen LogP contribution in [0.5, 0.6) is 11.5 Å². The van der Waals surface area contributed by atoms with Crippen molar-refractivity contribution >= 4 is 44.7 Å². The molecule has 5 aromatic carbocycles. The van der Waals surface area contributed by atoms with Crippen molar-refractivity contribution in [2.45, 2.75) is 19.8 Å². The molecule has 0 saturated heterocycles. The van der Waals surface area contributed by atoms with Crippen molar-refractivity contribution in [3.8, 4) is 11.5 Å². The Morgan fingerprint density at radius 1 is 0.521 bits per heavy atom.